The van der Waals surface area contributed by atoms with Gasteiger partial charge in [-0.2, -0.15) is 5.10 Å². The van der Waals surface area contributed by atoms with Crippen molar-refractivity contribution in [3.05, 3.63) is 48.0 Å². The zero-order valence-corrected chi connectivity index (χ0v) is 12.7. The first-order valence-corrected chi connectivity index (χ1v) is 7.53. The van der Waals surface area contributed by atoms with Crippen molar-refractivity contribution >= 4 is 22.4 Å². The molecule has 2 aromatic rings. The van der Waals surface area contributed by atoms with E-state index in [2.05, 4.69) is 35.7 Å². The van der Waals surface area contributed by atoms with E-state index < -0.39 is 0 Å². The summed E-state index contributed by atoms with van der Waals surface area (Å²) >= 11 is 0. The van der Waals surface area contributed by atoms with E-state index >= 15 is 0 Å². The van der Waals surface area contributed by atoms with E-state index in [0.29, 0.717) is 6.42 Å². The predicted molar refractivity (Wildman–Crippen MR) is 88.4 cm³/mol. The van der Waals surface area contributed by atoms with Crippen molar-refractivity contribution in [2.75, 3.05) is 0 Å². The van der Waals surface area contributed by atoms with Gasteiger partial charge in [0.25, 0.3) is 0 Å². The molecule has 1 N–H and O–H groups in total. The van der Waals surface area contributed by atoms with E-state index in [9.17, 15) is 4.79 Å². The van der Waals surface area contributed by atoms with Crippen LogP contribution in [0.15, 0.2) is 47.6 Å². The first-order valence-electron chi connectivity index (χ1n) is 7.53. The monoisotopic (exact) mass is 282 g/mol. The molecule has 3 nitrogen and oxygen atoms in total. The molecule has 110 valence electrons. The average Bonchev–Trinajstić information content (AvgIpc) is 2.52. The van der Waals surface area contributed by atoms with E-state index in [1.54, 1.807) is 0 Å². The van der Waals surface area contributed by atoms with Gasteiger partial charge in [-0.1, -0.05) is 62.2 Å². The maximum absolute atomic E-state index is 11.7. The van der Waals surface area contributed by atoms with Crippen LogP contribution in [0.25, 0.3) is 10.8 Å². The molecule has 0 aliphatic heterocycles. The molecule has 0 aliphatic rings. The summed E-state index contributed by atoms with van der Waals surface area (Å²) in [5, 5.41) is 6.57. The highest BCUT2D eigenvalue weighted by atomic mass is 16.2. The zero-order chi connectivity index (χ0) is 15.1. The summed E-state index contributed by atoms with van der Waals surface area (Å²) in [5.41, 5.74) is 4.54. The van der Waals surface area contributed by atoms with Crippen LogP contribution < -0.4 is 5.43 Å². The van der Waals surface area contributed by atoms with E-state index in [1.807, 2.05) is 31.2 Å². The fourth-order valence-electron chi connectivity index (χ4n) is 2.34. The number of rotatable bonds is 6. The van der Waals surface area contributed by atoms with Gasteiger partial charge in [0.1, 0.15) is 0 Å². The van der Waals surface area contributed by atoms with E-state index in [1.165, 1.54) is 5.39 Å². The van der Waals surface area contributed by atoms with E-state index in [0.717, 1.165) is 35.9 Å². The number of unbranched alkanes of at least 4 members (excludes halogenated alkanes) is 2. The maximum Gasteiger partial charge on any atom is 0.240 e. The van der Waals surface area contributed by atoms with E-state index in [-0.39, 0.29) is 5.91 Å². The Bertz CT molecular complexity index is 641. The second-order valence-corrected chi connectivity index (χ2v) is 5.22. The fourth-order valence-corrected chi connectivity index (χ4v) is 2.34. The lowest BCUT2D eigenvalue weighted by Gasteiger charge is -2.06. The molecule has 0 saturated carbocycles. The predicted octanol–water partition coefficient (Wildman–Crippen LogP) is 4.26. The smallest absolute Gasteiger partial charge is 0.240 e. The molecule has 2 aromatic carbocycles. The molecule has 0 aliphatic carbocycles. The molecule has 3 heteroatoms. The quantitative estimate of drug-likeness (QED) is 0.480. The van der Waals surface area contributed by atoms with Crippen molar-refractivity contribution < 1.29 is 4.79 Å². The molecule has 0 aromatic heterocycles. The van der Waals surface area contributed by atoms with Crippen LogP contribution in [0.3, 0.4) is 0 Å². The van der Waals surface area contributed by atoms with Crippen molar-refractivity contribution in [1.82, 2.24) is 5.43 Å². The molecule has 0 radical (unpaired) electrons. The maximum atomic E-state index is 11.7. The molecule has 0 atom stereocenters. The Morgan fingerprint density at radius 1 is 1.10 bits per heavy atom. The number of nitrogens with zero attached hydrogens (tertiary/aromatic N) is 1. The number of nitrogens with one attached hydrogen (secondary N) is 1. The number of benzene rings is 2. The van der Waals surface area contributed by atoms with Crippen molar-refractivity contribution in [1.29, 1.82) is 0 Å². The van der Waals surface area contributed by atoms with Gasteiger partial charge in [0.15, 0.2) is 0 Å². The summed E-state index contributed by atoms with van der Waals surface area (Å²) in [4.78, 5) is 11.7. The number of amides is 1. The summed E-state index contributed by atoms with van der Waals surface area (Å²) in [6, 6.07) is 14.3. The molecule has 0 saturated heterocycles. The zero-order valence-electron chi connectivity index (χ0n) is 12.7. The summed E-state index contributed by atoms with van der Waals surface area (Å²) in [7, 11) is 0. The molecule has 0 unspecified atom stereocenters. The van der Waals surface area contributed by atoms with Crippen LogP contribution in [0.5, 0.6) is 0 Å². The number of hydrogen-bond acceptors (Lipinski definition) is 2. The highest BCUT2D eigenvalue weighted by molar-refractivity contribution is 6.09. The Kier molecular flexibility index (Phi) is 5.50. The lowest BCUT2D eigenvalue weighted by atomic mass is 10.0. The molecule has 0 fully saturated rings. The van der Waals surface area contributed by atoms with Crippen molar-refractivity contribution in [3.63, 3.8) is 0 Å². The first-order chi connectivity index (χ1) is 10.2. The van der Waals surface area contributed by atoms with Gasteiger partial charge in [-0.25, -0.2) is 5.43 Å². The summed E-state index contributed by atoms with van der Waals surface area (Å²) < 4.78 is 0. The summed E-state index contributed by atoms with van der Waals surface area (Å²) in [6.45, 7) is 4.05. The Morgan fingerprint density at radius 3 is 2.67 bits per heavy atom. The summed E-state index contributed by atoms with van der Waals surface area (Å²) in [6.07, 6.45) is 3.66. The molecule has 2 rings (SSSR count). The number of fused-ring (bicyclic) bond motifs is 1. The van der Waals surface area contributed by atoms with Crippen LogP contribution in [0.4, 0.5) is 0 Å². The Balaban J connectivity index is 2.09. The SMILES string of the molecule is CCCCCC(=O)NN=C(C)c1cccc2ccccc12. The van der Waals surface area contributed by atoms with Gasteiger partial charge < -0.3 is 0 Å². The van der Waals surface area contributed by atoms with Crippen LogP contribution in [-0.2, 0) is 4.79 Å². The standard InChI is InChI=1S/C18H22N2O/c1-3-4-5-13-18(21)20-19-14(2)16-12-8-10-15-9-6-7-11-17(15)16/h6-12H,3-5,13H2,1-2H3,(H,20,21). The van der Waals surface area contributed by atoms with Crippen LogP contribution in [-0.4, -0.2) is 11.6 Å². The molecular formula is C18H22N2O. The third-order valence-corrected chi connectivity index (χ3v) is 3.54. The number of hydrazone groups is 1. The van der Waals surface area contributed by atoms with Crippen molar-refractivity contribution in [2.24, 2.45) is 5.10 Å². The lowest BCUT2D eigenvalue weighted by molar-refractivity contribution is -0.121. The minimum atomic E-state index is -0.0111. The second kappa shape index (κ2) is 7.58. The van der Waals surface area contributed by atoms with E-state index in [4.69, 9.17) is 0 Å². The number of carbonyl (C=O) groups is 1. The third kappa shape index (κ3) is 4.15. The highest BCUT2D eigenvalue weighted by Crippen LogP contribution is 2.19. The van der Waals surface area contributed by atoms with Crippen molar-refractivity contribution in [3.8, 4) is 0 Å². The molecule has 21 heavy (non-hydrogen) atoms. The normalized spacial score (nSPS) is 11.6. The third-order valence-electron chi connectivity index (χ3n) is 3.54. The van der Waals surface area contributed by atoms with Gasteiger partial charge >= 0.3 is 0 Å². The van der Waals surface area contributed by atoms with Gasteiger partial charge in [0.2, 0.25) is 5.91 Å². The van der Waals surface area contributed by atoms with Crippen LogP contribution in [0.1, 0.15) is 45.1 Å². The Morgan fingerprint density at radius 2 is 1.86 bits per heavy atom. The van der Waals surface area contributed by atoms with Gasteiger partial charge in [0.05, 0.1) is 5.71 Å². The molecule has 0 bridgehead atoms. The van der Waals surface area contributed by atoms with Crippen LogP contribution >= 0.6 is 0 Å². The molecule has 0 spiro atoms. The molecule has 1 amide bonds. The van der Waals surface area contributed by atoms with Crippen LogP contribution in [0.2, 0.25) is 0 Å². The van der Waals surface area contributed by atoms with Gasteiger partial charge in [-0.3, -0.25) is 4.79 Å². The average molecular weight is 282 g/mol. The largest absolute Gasteiger partial charge is 0.273 e. The molecular weight excluding hydrogens is 260 g/mol. The highest BCUT2D eigenvalue weighted by Gasteiger charge is 2.04. The summed E-state index contributed by atoms with van der Waals surface area (Å²) in [5.74, 6) is -0.0111. The van der Waals surface area contributed by atoms with Gasteiger partial charge in [-0.15, -0.1) is 0 Å². The first kappa shape index (κ1) is 15.2. The van der Waals surface area contributed by atoms with Crippen molar-refractivity contribution in [2.45, 2.75) is 39.5 Å². The Hall–Kier alpha value is -2.16. The fraction of sp³-hybridized carbons (Fsp3) is 0.333. The van der Waals surface area contributed by atoms with Crippen LogP contribution in [0, 0.1) is 0 Å². The number of hydrogen-bond donors (Lipinski definition) is 1. The minimum Gasteiger partial charge on any atom is -0.273 e. The Labute approximate surface area is 126 Å². The second-order valence-electron chi connectivity index (χ2n) is 5.22. The lowest BCUT2D eigenvalue weighted by Crippen LogP contribution is -2.18. The number of carbonyl (C=O) groups excluding carboxylic acids is 1. The molecule has 0 heterocycles. The van der Waals surface area contributed by atoms with Gasteiger partial charge in [0, 0.05) is 12.0 Å². The minimum absolute atomic E-state index is 0.0111. The topological polar surface area (TPSA) is 41.5 Å². The van der Waals surface area contributed by atoms with Gasteiger partial charge in [-0.05, 0) is 24.1 Å².